The molecule has 2 aromatic rings. The average molecular weight is 283 g/mol. The summed E-state index contributed by atoms with van der Waals surface area (Å²) in [5.74, 6) is 0. The second kappa shape index (κ2) is 5.79. The summed E-state index contributed by atoms with van der Waals surface area (Å²) >= 11 is 0. The van der Waals surface area contributed by atoms with E-state index in [1.54, 1.807) is 12.1 Å². The summed E-state index contributed by atoms with van der Waals surface area (Å²) in [4.78, 5) is 21.4. The maximum atomic E-state index is 10.8. The third-order valence-electron chi connectivity index (χ3n) is 3.41. The van der Waals surface area contributed by atoms with Gasteiger partial charge in [0.25, 0.3) is 0 Å². The van der Waals surface area contributed by atoms with Crippen molar-refractivity contribution in [3.8, 4) is 11.1 Å². The lowest BCUT2D eigenvalue weighted by molar-refractivity contribution is 0.112. The Morgan fingerprint density at radius 1 is 1.00 bits per heavy atom. The van der Waals surface area contributed by atoms with E-state index in [-0.39, 0.29) is 0 Å². The Hall–Kier alpha value is -2.62. The molecule has 0 saturated heterocycles. The molecule has 2 rings (SSSR count). The molecule has 1 amide bonds. The first-order valence-corrected chi connectivity index (χ1v) is 6.59. The zero-order valence-corrected chi connectivity index (χ0v) is 12.0. The lowest BCUT2D eigenvalue weighted by Crippen LogP contribution is -2.39. The molecule has 0 aromatic heterocycles. The molecule has 0 saturated carbocycles. The molecule has 4 heteroatoms. The highest BCUT2D eigenvalue weighted by Crippen LogP contribution is 2.25. The highest BCUT2D eigenvalue weighted by Gasteiger charge is 2.22. The van der Waals surface area contributed by atoms with Gasteiger partial charge in [0.15, 0.2) is 0 Å². The third-order valence-corrected chi connectivity index (χ3v) is 3.41. The summed E-state index contributed by atoms with van der Waals surface area (Å²) in [5, 5.41) is 11.3. The summed E-state index contributed by atoms with van der Waals surface area (Å²) in [6, 6.07) is 15.0. The number of hydrogen-bond acceptors (Lipinski definition) is 2. The Morgan fingerprint density at radius 2 is 1.48 bits per heavy atom. The maximum Gasteiger partial charge on any atom is 0.405 e. The summed E-state index contributed by atoms with van der Waals surface area (Å²) in [7, 11) is 0. The molecule has 2 aromatic carbocycles. The minimum atomic E-state index is -1.05. The van der Waals surface area contributed by atoms with Crippen molar-refractivity contribution >= 4 is 12.4 Å². The lowest BCUT2D eigenvalue weighted by atomic mass is 9.92. The first-order valence-electron chi connectivity index (χ1n) is 6.59. The average Bonchev–Trinajstić information content (AvgIpc) is 2.46. The minimum absolute atomic E-state index is 0.641. The summed E-state index contributed by atoms with van der Waals surface area (Å²) in [5.41, 5.74) is 2.91. The van der Waals surface area contributed by atoms with Gasteiger partial charge in [0, 0.05) is 5.56 Å². The van der Waals surface area contributed by atoms with Gasteiger partial charge in [-0.3, -0.25) is 4.79 Å². The van der Waals surface area contributed by atoms with E-state index in [0.29, 0.717) is 5.56 Å². The molecule has 0 aliphatic heterocycles. The van der Waals surface area contributed by atoms with Gasteiger partial charge in [-0.15, -0.1) is 0 Å². The van der Waals surface area contributed by atoms with Crippen LogP contribution in [0.5, 0.6) is 0 Å². The molecule has 108 valence electrons. The van der Waals surface area contributed by atoms with Crippen LogP contribution in [0.15, 0.2) is 48.5 Å². The molecule has 0 spiro atoms. The van der Waals surface area contributed by atoms with Crippen LogP contribution in [0.1, 0.15) is 29.8 Å². The topological polar surface area (TPSA) is 66.4 Å². The zero-order valence-electron chi connectivity index (χ0n) is 12.0. The molecule has 0 bridgehead atoms. The molecule has 21 heavy (non-hydrogen) atoms. The first kappa shape index (κ1) is 14.8. The quantitative estimate of drug-likeness (QED) is 0.841. The van der Waals surface area contributed by atoms with Gasteiger partial charge in [-0.25, -0.2) is 4.79 Å². The van der Waals surface area contributed by atoms with Gasteiger partial charge >= 0.3 is 6.09 Å². The number of aldehydes is 1. The van der Waals surface area contributed by atoms with Crippen LogP contribution in [0.2, 0.25) is 0 Å². The van der Waals surface area contributed by atoms with Crippen LogP contribution in [0, 0.1) is 0 Å². The van der Waals surface area contributed by atoms with E-state index in [2.05, 4.69) is 5.32 Å². The van der Waals surface area contributed by atoms with Crippen LogP contribution in [-0.4, -0.2) is 17.5 Å². The van der Waals surface area contributed by atoms with Gasteiger partial charge < -0.3 is 10.4 Å². The molecule has 0 radical (unpaired) electrons. The molecular weight excluding hydrogens is 266 g/mol. The Bertz CT molecular complexity index is 643. The van der Waals surface area contributed by atoms with Gasteiger partial charge in [-0.1, -0.05) is 48.5 Å². The van der Waals surface area contributed by atoms with Crippen molar-refractivity contribution in [1.82, 2.24) is 5.32 Å². The summed E-state index contributed by atoms with van der Waals surface area (Å²) in [6.07, 6.45) is -0.235. The highest BCUT2D eigenvalue weighted by molar-refractivity contribution is 5.77. The van der Waals surface area contributed by atoms with E-state index >= 15 is 0 Å². The Kier molecular flexibility index (Phi) is 4.08. The second-order valence-electron chi connectivity index (χ2n) is 5.37. The lowest BCUT2D eigenvalue weighted by Gasteiger charge is -2.25. The summed E-state index contributed by atoms with van der Waals surface area (Å²) in [6.45, 7) is 3.63. The number of carboxylic acid groups (broad SMARTS) is 1. The smallest absolute Gasteiger partial charge is 0.405 e. The van der Waals surface area contributed by atoms with Gasteiger partial charge in [-0.2, -0.15) is 0 Å². The Balaban J connectivity index is 2.25. The predicted octanol–water partition coefficient (Wildman–Crippen LogP) is 3.67. The van der Waals surface area contributed by atoms with Crippen LogP contribution >= 0.6 is 0 Å². The van der Waals surface area contributed by atoms with E-state index in [1.807, 2.05) is 50.2 Å². The normalized spacial score (nSPS) is 11.0. The van der Waals surface area contributed by atoms with Crippen molar-refractivity contribution in [2.24, 2.45) is 0 Å². The van der Waals surface area contributed by atoms with E-state index in [1.165, 1.54) is 0 Å². The van der Waals surface area contributed by atoms with Crippen LogP contribution in [0.4, 0.5) is 4.79 Å². The monoisotopic (exact) mass is 283 g/mol. The van der Waals surface area contributed by atoms with Gasteiger partial charge in [-0.05, 0) is 30.5 Å². The number of amides is 1. The number of carbonyl (C=O) groups is 2. The van der Waals surface area contributed by atoms with E-state index in [9.17, 15) is 9.59 Å². The second-order valence-corrected chi connectivity index (χ2v) is 5.37. The van der Waals surface area contributed by atoms with Crippen molar-refractivity contribution in [2.75, 3.05) is 0 Å². The van der Waals surface area contributed by atoms with Crippen molar-refractivity contribution < 1.29 is 14.7 Å². The van der Waals surface area contributed by atoms with Crippen molar-refractivity contribution in [2.45, 2.75) is 19.4 Å². The molecule has 0 aliphatic rings. The van der Waals surface area contributed by atoms with Crippen molar-refractivity contribution in [3.63, 3.8) is 0 Å². The first-order chi connectivity index (χ1) is 9.92. The molecule has 0 heterocycles. The fourth-order valence-electron chi connectivity index (χ4n) is 2.17. The number of rotatable bonds is 4. The molecule has 2 N–H and O–H groups in total. The van der Waals surface area contributed by atoms with Crippen LogP contribution < -0.4 is 5.32 Å². The molecule has 0 fully saturated rings. The number of carbonyl (C=O) groups excluding carboxylic acids is 1. The maximum absolute atomic E-state index is 10.8. The van der Waals surface area contributed by atoms with E-state index < -0.39 is 11.6 Å². The van der Waals surface area contributed by atoms with Gasteiger partial charge in [0.2, 0.25) is 0 Å². The molecule has 0 aliphatic carbocycles. The summed E-state index contributed by atoms with van der Waals surface area (Å²) < 4.78 is 0. The third kappa shape index (κ3) is 3.48. The highest BCUT2D eigenvalue weighted by atomic mass is 16.4. The number of hydrogen-bond donors (Lipinski definition) is 2. The standard InChI is InChI=1S/C17H17NO3/c1-17(2,18-16(20)21)15-9-7-14(8-10-15)13-5-3-12(11-19)4-6-13/h3-11,18H,1-2H3,(H,20,21). The fourth-order valence-corrected chi connectivity index (χ4v) is 2.17. The van der Waals surface area contributed by atoms with Gasteiger partial charge in [0.1, 0.15) is 6.29 Å². The molecule has 4 nitrogen and oxygen atoms in total. The van der Waals surface area contributed by atoms with Gasteiger partial charge in [0.05, 0.1) is 5.54 Å². The molecule has 0 atom stereocenters. The molecule has 0 unspecified atom stereocenters. The zero-order chi connectivity index (χ0) is 15.5. The van der Waals surface area contributed by atoms with Crippen molar-refractivity contribution in [3.05, 3.63) is 59.7 Å². The van der Waals surface area contributed by atoms with Crippen LogP contribution in [-0.2, 0) is 5.54 Å². The Morgan fingerprint density at radius 3 is 1.90 bits per heavy atom. The minimum Gasteiger partial charge on any atom is -0.465 e. The largest absolute Gasteiger partial charge is 0.465 e. The van der Waals surface area contributed by atoms with Crippen molar-refractivity contribution in [1.29, 1.82) is 0 Å². The predicted molar refractivity (Wildman–Crippen MR) is 81.5 cm³/mol. The SMILES string of the molecule is CC(C)(NC(=O)O)c1ccc(-c2ccc(C=O)cc2)cc1. The van der Waals surface area contributed by atoms with E-state index in [0.717, 1.165) is 23.0 Å². The molecular formula is C17H17NO3. The number of nitrogens with one attached hydrogen (secondary N) is 1. The van der Waals surface area contributed by atoms with E-state index in [4.69, 9.17) is 5.11 Å². The number of benzene rings is 2. The van der Waals surface area contributed by atoms with Crippen LogP contribution in [0.3, 0.4) is 0 Å². The van der Waals surface area contributed by atoms with Crippen LogP contribution in [0.25, 0.3) is 11.1 Å². The Labute approximate surface area is 123 Å². The fraction of sp³-hybridized carbons (Fsp3) is 0.176.